The number of phosphoric ester groups is 1. The van der Waals surface area contributed by atoms with Gasteiger partial charge >= 0.3 is 13.8 Å². The Balaban J connectivity index is 4.14. The fourth-order valence-corrected chi connectivity index (χ4v) is 5.55. The Bertz CT molecular complexity index is 984. The number of carbonyl (C=O) groups excluding carboxylic acids is 1. The van der Waals surface area contributed by atoms with Crippen molar-refractivity contribution >= 4 is 13.8 Å². The van der Waals surface area contributed by atoms with Crippen molar-refractivity contribution in [2.45, 2.75) is 142 Å². The van der Waals surface area contributed by atoms with E-state index in [-0.39, 0.29) is 25.8 Å². The van der Waals surface area contributed by atoms with Crippen LogP contribution >= 0.6 is 7.82 Å². The molecule has 0 rings (SSSR count). The summed E-state index contributed by atoms with van der Waals surface area (Å²) in [5.41, 5.74) is 0. The number of rotatable bonds is 35. The van der Waals surface area contributed by atoms with E-state index in [0.29, 0.717) is 24.1 Å². The first-order chi connectivity index (χ1) is 24.1. The minimum absolute atomic E-state index is 0.0830. The Morgan fingerprint density at radius 1 is 0.640 bits per heavy atom. The molecule has 0 saturated heterocycles. The molecule has 0 aliphatic carbocycles. The molecule has 0 heterocycles. The lowest BCUT2D eigenvalue weighted by atomic mass is 10.1. The van der Waals surface area contributed by atoms with Crippen molar-refractivity contribution in [2.24, 2.45) is 0 Å². The fraction of sp³-hybridized carbons (Fsp3) is 0.732. The summed E-state index contributed by atoms with van der Waals surface area (Å²) in [6.07, 6.45) is 41.3. The molecule has 0 radical (unpaired) electrons. The van der Waals surface area contributed by atoms with Gasteiger partial charge in [0.1, 0.15) is 19.3 Å². The minimum atomic E-state index is -4.27. The van der Waals surface area contributed by atoms with E-state index in [0.717, 1.165) is 77.0 Å². The Kier molecular flexibility index (Phi) is 33.1. The summed E-state index contributed by atoms with van der Waals surface area (Å²) in [6.45, 7) is 5.38. The molecular formula is C41H75NO7P+. The monoisotopic (exact) mass is 725 g/mol. The molecule has 8 nitrogen and oxygen atoms in total. The zero-order valence-corrected chi connectivity index (χ0v) is 33.5. The van der Waals surface area contributed by atoms with Crippen LogP contribution < -0.4 is 0 Å². The number of hydrogen-bond donors (Lipinski definition) is 1. The average molecular weight is 725 g/mol. The molecule has 0 aliphatic heterocycles. The van der Waals surface area contributed by atoms with E-state index in [1.54, 1.807) is 0 Å². The standard InChI is InChI=1S/C41H74NO7P/c1-6-8-10-12-14-15-16-17-18-19-20-21-22-23-24-25-26-27-28-29-31-33-36-46-38-40(49-41(43)34-32-30-13-11-9-7-2)39-48-50(44,45)47-37-35-42(3,4)5/h8,10,14-15,17-18,20-21,23-24,40H,6-7,9,11-13,16,19,22,25-39H2,1-5H3/p+1/b10-8-,15-14-,18-17-,21-20-,24-23-. The smallest absolute Gasteiger partial charge is 0.457 e. The number of nitrogens with zero attached hydrogens (tertiary/aromatic N) is 1. The van der Waals surface area contributed by atoms with Crippen LogP contribution in [0.25, 0.3) is 0 Å². The van der Waals surface area contributed by atoms with Crippen LogP contribution in [0.5, 0.6) is 0 Å². The molecule has 0 aliphatic rings. The average Bonchev–Trinajstić information content (AvgIpc) is 3.06. The van der Waals surface area contributed by atoms with Crippen LogP contribution in [0, 0.1) is 0 Å². The van der Waals surface area contributed by atoms with Crippen LogP contribution in [0.2, 0.25) is 0 Å². The highest BCUT2D eigenvalue weighted by molar-refractivity contribution is 7.47. The van der Waals surface area contributed by atoms with E-state index in [4.69, 9.17) is 18.5 Å². The number of hydrogen-bond acceptors (Lipinski definition) is 6. The maximum atomic E-state index is 12.5. The molecule has 2 unspecified atom stereocenters. The summed E-state index contributed by atoms with van der Waals surface area (Å²) in [5, 5.41) is 0. The molecule has 50 heavy (non-hydrogen) atoms. The highest BCUT2D eigenvalue weighted by Crippen LogP contribution is 2.43. The van der Waals surface area contributed by atoms with Crippen molar-refractivity contribution in [1.29, 1.82) is 0 Å². The number of quaternary nitrogens is 1. The second kappa shape index (κ2) is 34.3. The van der Waals surface area contributed by atoms with E-state index in [2.05, 4.69) is 74.6 Å². The molecular weight excluding hydrogens is 649 g/mol. The van der Waals surface area contributed by atoms with Crippen LogP contribution in [0.3, 0.4) is 0 Å². The zero-order valence-electron chi connectivity index (χ0n) is 32.6. The number of likely N-dealkylation sites (N-methyl/N-ethyl adjacent to an activating group) is 1. The number of carbonyl (C=O) groups is 1. The lowest BCUT2D eigenvalue weighted by molar-refractivity contribution is -0.870. The second-order valence-corrected chi connectivity index (χ2v) is 15.4. The first-order valence-corrected chi connectivity index (χ1v) is 21.0. The first kappa shape index (κ1) is 48.2. The summed E-state index contributed by atoms with van der Waals surface area (Å²) in [4.78, 5) is 22.6. The molecule has 0 aromatic heterocycles. The van der Waals surface area contributed by atoms with E-state index in [9.17, 15) is 14.3 Å². The third-order valence-electron chi connectivity index (χ3n) is 7.84. The minimum Gasteiger partial charge on any atom is -0.457 e. The molecule has 0 amide bonds. The van der Waals surface area contributed by atoms with Crippen LogP contribution in [-0.2, 0) is 27.9 Å². The number of allylic oxidation sites excluding steroid dienone is 10. The fourth-order valence-electron chi connectivity index (χ4n) is 4.81. The summed E-state index contributed by atoms with van der Waals surface area (Å²) >= 11 is 0. The van der Waals surface area contributed by atoms with Gasteiger partial charge in [-0.1, -0.05) is 132 Å². The van der Waals surface area contributed by atoms with E-state index < -0.39 is 13.9 Å². The molecule has 0 saturated carbocycles. The van der Waals surface area contributed by atoms with Gasteiger partial charge in [0.15, 0.2) is 0 Å². The SMILES string of the molecule is CC/C=C\C/C=C\C/C=C\C/C=C\C/C=C\CCCCCCCCOCC(COP(=O)(O)OCC[N+](C)(C)C)OC(=O)CCCCCCCC. The van der Waals surface area contributed by atoms with Gasteiger partial charge in [0, 0.05) is 13.0 Å². The van der Waals surface area contributed by atoms with Crippen molar-refractivity contribution in [3.05, 3.63) is 60.8 Å². The largest absolute Gasteiger partial charge is 0.472 e. The van der Waals surface area contributed by atoms with Crippen molar-refractivity contribution in [3.8, 4) is 0 Å². The lowest BCUT2D eigenvalue weighted by Crippen LogP contribution is -2.37. The van der Waals surface area contributed by atoms with Gasteiger partial charge in [-0.05, 0) is 57.8 Å². The molecule has 9 heteroatoms. The number of esters is 1. The Morgan fingerprint density at radius 2 is 1.16 bits per heavy atom. The van der Waals surface area contributed by atoms with Crippen LogP contribution in [-0.4, -0.2) is 75.6 Å². The zero-order chi connectivity index (χ0) is 37.0. The highest BCUT2D eigenvalue weighted by atomic mass is 31.2. The summed E-state index contributed by atoms with van der Waals surface area (Å²) < 4.78 is 34.7. The van der Waals surface area contributed by atoms with Gasteiger partial charge in [0.2, 0.25) is 0 Å². The van der Waals surface area contributed by atoms with Crippen LogP contribution in [0.15, 0.2) is 60.8 Å². The van der Waals surface area contributed by atoms with E-state index in [1.165, 1.54) is 38.5 Å². The maximum absolute atomic E-state index is 12.5. The molecule has 290 valence electrons. The van der Waals surface area contributed by atoms with Gasteiger partial charge in [-0.3, -0.25) is 13.8 Å². The summed E-state index contributed by atoms with van der Waals surface area (Å²) in [7, 11) is 1.64. The van der Waals surface area contributed by atoms with Gasteiger partial charge in [0.25, 0.3) is 0 Å². The van der Waals surface area contributed by atoms with Gasteiger partial charge in [-0.2, -0.15) is 0 Å². The van der Waals surface area contributed by atoms with Crippen molar-refractivity contribution in [3.63, 3.8) is 0 Å². The normalized spacial score (nSPS) is 14.6. The summed E-state index contributed by atoms with van der Waals surface area (Å²) in [6, 6.07) is 0. The predicted molar refractivity (Wildman–Crippen MR) is 210 cm³/mol. The lowest BCUT2D eigenvalue weighted by Gasteiger charge is -2.24. The van der Waals surface area contributed by atoms with Gasteiger partial charge < -0.3 is 18.9 Å². The number of phosphoric acid groups is 1. The quantitative estimate of drug-likeness (QED) is 0.0229. The third kappa shape index (κ3) is 37.5. The topological polar surface area (TPSA) is 91.3 Å². The molecule has 0 fully saturated rings. The third-order valence-corrected chi connectivity index (χ3v) is 8.83. The van der Waals surface area contributed by atoms with E-state index >= 15 is 0 Å². The van der Waals surface area contributed by atoms with E-state index in [1.807, 2.05) is 21.1 Å². The maximum Gasteiger partial charge on any atom is 0.472 e. The molecule has 2 atom stereocenters. The Hall–Kier alpha value is -1.80. The molecule has 0 spiro atoms. The van der Waals surface area contributed by atoms with Crippen molar-refractivity contribution in [1.82, 2.24) is 0 Å². The van der Waals surface area contributed by atoms with Crippen LogP contribution in [0.4, 0.5) is 0 Å². The van der Waals surface area contributed by atoms with Crippen LogP contribution in [0.1, 0.15) is 136 Å². The number of unbranched alkanes of at least 4 members (excludes halogenated alkanes) is 11. The number of ether oxygens (including phenoxy) is 2. The van der Waals surface area contributed by atoms with Gasteiger partial charge in [0.05, 0.1) is 34.4 Å². The van der Waals surface area contributed by atoms with Crippen molar-refractivity contribution in [2.75, 3.05) is 54.1 Å². The highest BCUT2D eigenvalue weighted by Gasteiger charge is 2.26. The molecule has 0 bridgehead atoms. The predicted octanol–water partition coefficient (Wildman–Crippen LogP) is 11.0. The Labute approximate surface area is 307 Å². The first-order valence-electron chi connectivity index (χ1n) is 19.5. The van der Waals surface area contributed by atoms with Gasteiger partial charge in [-0.25, -0.2) is 4.57 Å². The second-order valence-electron chi connectivity index (χ2n) is 13.9. The van der Waals surface area contributed by atoms with Gasteiger partial charge in [-0.15, -0.1) is 0 Å². The molecule has 0 aromatic carbocycles. The molecule has 1 N–H and O–H groups in total. The van der Waals surface area contributed by atoms with Crippen molar-refractivity contribution < 1.29 is 37.3 Å². The summed E-state index contributed by atoms with van der Waals surface area (Å²) in [5.74, 6) is -0.332. The molecule has 0 aromatic rings. The Morgan fingerprint density at radius 3 is 1.74 bits per heavy atom.